The van der Waals surface area contributed by atoms with Crippen LogP contribution in [0.3, 0.4) is 0 Å². The standard InChI is InChI=1S/C13H12F2O3/c1-2-7-18-13(17)6-5-12(16)10-4-3-9(14)8-11(10)15/h2-4,8H,1,5-7H2. The average Bonchev–Trinajstić information content (AvgIpc) is 2.33. The molecule has 5 heteroatoms. The van der Waals surface area contributed by atoms with E-state index in [1.54, 1.807) is 0 Å². The van der Waals surface area contributed by atoms with Gasteiger partial charge < -0.3 is 4.74 Å². The third-order valence-corrected chi connectivity index (χ3v) is 2.15. The van der Waals surface area contributed by atoms with Crippen LogP contribution in [0.5, 0.6) is 0 Å². The maximum atomic E-state index is 13.2. The van der Waals surface area contributed by atoms with Gasteiger partial charge in [-0.2, -0.15) is 0 Å². The molecule has 1 rings (SSSR count). The maximum Gasteiger partial charge on any atom is 0.306 e. The van der Waals surface area contributed by atoms with Crippen LogP contribution in [-0.4, -0.2) is 18.4 Å². The Hall–Kier alpha value is -2.04. The van der Waals surface area contributed by atoms with Crippen molar-refractivity contribution in [3.05, 3.63) is 48.1 Å². The molecule has 0 aromatic heterocycles. The summed E-state index contributed by atoms with van der Waals surface area (Å²) in [5.74, 6) is -2.82. The van der Waals surface area contributed by atoms with Crippen LogP contribution in [0, 0.1) is 11.6 Å². The predicted octanol–water partition coefficient (Wildman–Crippen LogP) is 2.66. The predicted molar refractivity (Wildman–Crippen MR) is 61.1 cm³/mol. The van der Waals surface area contributed by atoms with E-state index in [9.17, 15) is 18.4 Å². The topological polar surface area (TPSA) is 43.4 Å². The normalized spacial score (nSPS) is 9.89. The zero-order valence-electron chi connectivity index (χ0n) is 9.62. The van der Waals surface area contributed by atoms with Crippen LogP contribution in [0.15, 0.2) is 30.9 Å². The molecule has 96 valence electrons. The zero-order chi connectivity index (χ0) is 13.5. The van der Waals surface area contributed by atoms with Crippen LogP contribution in [0.25, 0.3) is 0 Å². The number of benzene rings is 1. The van der Waals surface area contributed by atoms with E-state index in [1.165, 1.54) is 6.08 Å². The number of hydrogen-bond donors (Lipinski definition) is 0. The first-order valence-electron chi connectivity index (χ1n) is 5.29. The fourth-order valence-corrected chi connectivity index (χ4v) is 1.29. The first-order chi connectivity index (χ1) is 8.54. The number of ketones is 1. The molecule has 1 aromatic rings. The van der Waals surface area contributed by atoms with Gasteiger partial charge in [0.25, 0.3) is 0 Å². The van der Waals surface area contributed by atoms with Gasteiger partial charge in [0.2, 0.25) is 0 Å². The fourth-order valence-electron chi connectivity index (χ4n) is 1.29. The van der Waals surface area contributed by atoms with Gasteiger partial charge in [0.15, 0.2) is 5.78 Å². The van der Waals surface area contributed by atoms with Crippen molar-refractivity contribution in [2.45, 2.75) is 12.8 Å². The summed E-state index contributed by atoms with van der Waals surface area (Å²) >= 11 is 0. The van der Waals surface area contributed by atoms with Gasteiger partial charge in [-0.1, -0.05) is 12.7 Å². The molecule has 0 aliphatic heterocycles. The Morgan fingerprint density at radius 1 is 1.28 bits per heavy atom. The van der Waals surface area contributed by atoms with Crippen molar-refractivity contribution in [2.24, 2.45) is 0 Å². The second-order valence-corrected chi connectivity index (χ2v) is 3.52. The summed E-state index contributed by atoms with van der Waals surface area (Å²) in [6.45, 7) is 3.43. The summed E-state index contributed by atoms with van der Waals surface area (Å²) in [6, 6.07) is 2.68. The fraction of sp³-hybridized carbons (Fsp3) is 0.231. The van der Waals surface area contributed by atoms with Gasteiger partial charge in [-0.25, -0.2) is 8.78 Å². The zero-order valence-corrected chi connectivity index (χ0v) is 9.62. The van der Waals surface area contributed by atoms with E-state index < -0.39 is 23.4 Å². The van der Waals surface area contributed by atoms with Crippen LogP contribution >= 0.6 is 0 Å². The number of esters is 1. The van der Waals surface area contributed by atoms with Gasteiger partial charge in [-0.15, -0.1) is 0 Å². The summed E-state index contributed by atoms with van der Waals surface area (Å²) in [7, 11) is 0. The largest absolute Gasteiger partial charge is 0.461 e. The van der Waals surface area contributed by atoms with Gasteiger partial charge >= 0.3 is 5.97 Å². The highest BCUT2D eigenvalue weighted by Crippen LogP contribution is 2.12. The second kappa shape index (κ2) is 6.64. The summed E-state index contributed by atoms with van der Waals surface area (Å²) in [6.07, 6.45) is 1.07. The van der Waals surface area contributed by atoms with Gasteiger partial charge in [-0.05, 0) is 12.1 Å². The maximum absolute atomic E-state index is 13.2. The lowest BCUT2D eigenvalue weighted by Gasteiger charge is -2.03. The Kier molecular flexibility index (Phi) is 5.17. The molecule has 0 aliphatic carbocycles. The van der Waals surface area contributed by atoms with E-state index in [1.807, 2.05) is 0 Å². The lowest BCUT2D eigenvalue weighted by molar-refractivity contribution is -0.142. The lowest BCUT2D eigenvalue weighted by atomic mass is 10.1. The van der Waals surface area contributed by atoms with E-state index in [2.05, 4.69) is 11.3 Å². The monoisotopic (exact) mass is 254 g/mol. The van der Waals surface area contributed by atoms with E-state index in [0.29, 0.717) is 6.07 Å². The quantitative estimate of drug-likeness (QED) is 0.445. The highest BCUT2D eigenvalue weighted by atomic mass is 19.1. The molecule has 0 saturated heterocycles. The highest BCUT2D eigenvalue weighted by Gasteiger charge is 2.14. The Morgan fingerprint density at radius 2 is 2.00 bits per heavy atom. The van der Waals surface area contributed by atoms with Crippen molar-refractivity contribution in [3.63, 3.8) is 0 Å². The van der Waals surface area contributed by atoms with Crippen LogP contribution in [0.4, 0.5) is 8.78 Å². The molecule has 0 atom stereocenters. The van der Waals surface area contributed by atoms with Gasteiger partial charge in [0, 0.05) is 12.5 Å². The van der Waals surface area contributed by atoms with Crippen LogP contribution in [-0.2, 0) is 9.53 Å². The van der Waals surface area contributed by atoms with Crippen molar-refractivity contribution in [1.29, 1.82) is 0 Å². The van der Waals surface area contributed by atoms with Crippen LogP contribution in [0.1, 0.15) is 23.2 Å². The summed E-state index contributed by atoms with van der Waals surface area (Å²) < 4.78 is 30.5. The molecule has 0 amide bonds. The second-order valence-electron chi connectivity index (χ2n) is 3.52. The van der Waals surface area contributed by atoms with E-state index in [4.69, 9.17) is 0 Å². The molecule has 3 nitrogen and oxygen atoms in total. The molecule has 0 N–H and O–H groups in total. The van der Waals surface area contributed by atoms with Gasteiger partial charge in [0.1, 0.15) is 18.2 Å². The molecule has 0 unspecified atom stereocenters. The number of hydrogen-bond acceptors (Lipinski definition) is 3. The van der Waals surface area contributed by atoms with E-state index >= 15 is 0 Å². The smallest absolute Gasteiger partial charge is 0.306 e. The molecule has 0 radical (unpaired) electrons. The Bertz CT molecular complexity index is 469. The summed E-state index contributed by atoms with van der Waals surface area (Å²) in [4.78, 5) is 22.7. The SMILES string of the molecule is C=CCOC(=O)CCC(=O)c1ccc(F)cc1F. The molecular weight excluding hydrogens is 242 g/mol. The molecule has 0 fully saturated rings. The Morgan fingerprint density at radius 3 is 2.61 bits per heavy atom. The molecular formula is C13H12F2O3. The number of carbonyl (C=O) groups is 2. The molecule has 0 aliphatic rings. The van der Waals surface area contributed by atoms with Crippen LogP contribution in [0.2, 0.25) is 0 Å². The molecule has 1 aromatic carbocycles. The van der Waals surface area contributed by atoms with E-state index in [-0.39, 0.29) is 25.0 Å². The first kappa shape index (κ1) is 14.0. The molecule has 0 bridgehead atoms. The van der Waals surface area contributed by atoms with Gasteiger partial charge in [-0.3, -0.25) is 9.59 Å². The average molecular weight is 254 g/mol. The number of halogens is 2. The highest BCUT2D eigenvalue weighted by molar-refractivity contribution is 5.97. The number of Topliss-reactive ketones (excluding diaryl/α,β-unsaturated/α-hetero) is 1. The third-order valence-electron chi connectivity index (χ3n) is 2.15. The van der Waals surface area contributed by atoms with Crippen molar-refractivity contribution >= 4 is 11.8 Å². The Balaban J connectivity index is 2.55. The number of rotatable bonds is 6. The summed E-state index contributed by atoms with van der Waals surface area (Å²) in [5, 5.41) is 0. The number of ether oxygens (including phenoxy) is 1. The minimum atomic E-state index is -0.931. The lowest BCUT2D eigenvalue weighted by Crippen LogP contribution is -2.09. The van der Waals surface area contributed by atoms with Crippen molar-refractivity contribution < 1.29 is 23.1 Å². The first-order valence-corrected chi connectivity index (χ1v) is 5.29. The Labute approximate surface area is 103 Å². The van der Waals surface area contributed by atoms with Crippen molar-refractivity contribution in [1.82, 2.24) is 0 Å². The van der Waals surface area contributed by atoms with E-state index in [0.717, 1.165) is 12.1 Å². The molecule has 18 heavy (non-hydrogen) atoms. The van der Waals surface area contributed by atoms with Crippen LogP contribution < -0.4 is 0 Å². The minimum Gasteiger partial charge on any atom is -0.461 e. The summed E-state index contributed by atoms with van der Waals surface area (Å²) in [5.41, 5.74) is -0.229. The third kappa shape index (κ3) is 4.08. The van der Waals surface area contributed by atoms with Crippen molar-refractivity contribution in [2.75, 3.05) is 6.61 Å². The molecule has 0 saturated carbocycles. The van der Waals surface area contributed by atoms with Crippen molar-refractivity contribution in [3.8, 4) is 0 Å². The minimum absolute atomic E-state index is 0.0674. The van der Waals surface area contributed by atoms with Gasteiger partial charge in [0.05, 0.1) is 12.0 Å². The molecule has 0 heterocycles. The number of carbonyl (C=O) groups excluding carboxylic acids is 2. The molecule has 0 spiro atoms.